The van der Waals surface area contributed by atoms with Crippen LogP contribution in [0.2, 0.25) is 0 Å². The van der Waals surface area contributed by atoms with Crippen LogP contribution in [0.3, 0.4) is 0 Å². The number of nitrogens with one attached hydrogen (secondary N) is 1. The second-order valence-electron chi connectivity index (χ2n) is 6.99. The van der Waals surface area contributed by atoms with E-state index < -0.39 is 0 Å². The van der Waals surface area contributed by atoms with Crippen LogP contribution in [0.25, 0.3) is 10.9 Å². The number of H-pyrrole nitrogens is 1. The lowest BCUT2D eigenvalue weighted by Gasteiger charge is -2.39. The number of ether oxygens (including phenoxy) is 1. The van der Waals surface area contributed by atoms with Crippen LogP contribution in [-0.4, -0.2) is 85.4 Å². The minimum absolute atomic E-state index is 0.0139. The molecule has 2 heterocycles. The predicted octanol–water partition coefficient (Wildman–Crippen LogP) is 1.33. The molecule has 1 atom stereocenters. The molecule has 0 aliphatic carbocycles. The Labute approximate surface area is 153 Å². The van der Waals surface area contributed by atoms with Crippen LogP contribution in [0, 0.1) is 6.92 Å². The zero-order chi connectivity index (χ0) is 19.0. The van der Waals surface area contributed by atoms with E-state index in [4.69, 9.17) is 4.74 Å². The van der Waals surface area contributed by atoms with Gasteiger partial charge in [-0.1, -0.05) is 12.1 Å². The van der Waals surface area contributed by atoms with Crippen LogP contribution in [-0.2, 0) is 4.79 Å². The highest BCUT2D eigenvalue weighted by atomic mass is 16.5. The maximum Gasteiger partial charge on any atom is 0.270 e. The Morgan fingerprint density at radius 1 is 1.27 bits per heavy atom. The first-order valence-corrected chi connectivity index (χ1v) is 8.71. The van der Waals surface area contributed by atoms with Gasteiger partial charge >= 0.3 is 0 Å². The second kappa shape index (κ2) is 6.99. The summed E-state index contributed by atoms with van der Waals surface area (Å²) in [5, 5.41) is 0.975. The van der Waals surface area contributed by atoms with Crippen molar-refractivity contribution in [1.82, 2.24) is 19.7 Å². The molecule has 1 N–H and O–H groups in total. The van der Waals surface area contributed by atoms with E-state index in [0.717, 1.165) is 16.5 Å². The lowest BCUT2D eigenvalue weighted by atomic mass is 10.1. The third-order valence-electron chi connectivity index (χ3n) is 5.15. The molecule has 7 heteroatoms. The Kier molecular flexibility index (Phi) is 4.91. The molecule has 0 saturated carbocycles. The van der Waals surface area contributed by atoms with Gasteiger partial charge in [-0.2, -0.15) is 0 Å². The van der Waals surface area contributed by atoms with E-state index in [1.54, 1.807) is 31.0 Å². The minimum Gasteiger partial charge on any atom is -0.495 e. The van der Waals surface area contributed by atoms with Gasteiger partial charge in [0, 0.05) is 39.1 Å². The summed E-state index contributed by atoms with van der Waals surface area (Å²) in [5.41, 5.74) is 2.29. The Morgan fingerprint density at radius 3 is 2.65 bits per heavy atom. The van der Waals surface area contributed by atoms with Crippen molar-refractivity contribution in [1.29, 1.82) is 0 Å². The summed E-state index contributed by atoms with van der Waals surface area (Å²) in [7, 11) is 7.02. The third-order valence-corrected chi connectivity index (χ3v) is 5.15. The van der Waals surface area contributed by atoms with Gasteiger partial charge in [-0.05, 0) is 25.6 Å². The van der Waals surface area contributed by atoms with Gasteiger partial charge in [0.25, 0.3) is 5.91 Å². The first kappa shape index (κ1) is 18.3. The molecule has 0 spiro atoms. The molecule has 26 heavy (non-hydrogen) atoms. The standard InChI is InChI=1S/C19H26N4O3/c1-12-13-7-6-8-15(26-5)17(13)20-16(12)19(25)23-10-9-22(4)14(11-23)18(24)21(2)3/h6-8,14,20H,9-11H2,1-5H3/t14-/m1/s1. The number of aromatic amines is 1. The highest BCUT2D eigenvalue weighted by Crippen LogP contribution is 2.30. The van der Waals surface area contributed by atoms with Crippen molar-refractivity contribution in [3.8, 4) is 5.75 Å². The lowest BCUT2D eigenvalue weighted by Crippen LogP contribution is -2.58. The maximum absolute atomic E-state index is 13.1. The number of piperazine rings is 1. The van der Waals surface area contributed by atoms with Gasteiger partial charge in [-0.25, -0.2) is 0 Å². The number of aromatic nitrogens is 1. The fourth-order valence-electron chi connectivity index (χ4n) is 3.49. The molecule has 0 radical (unpaired) electrons. The number of methoxy groups -OCH3 is 1. The van der Waals surface area contributed by atoms with Crippen molar-refractivity contribution < 1.29 is 14.3 Å². The van der Waals surface area contributed by atoms with Crippen molar-refractivity contribution >= 4 is 22.7 Å². The summed E-state index contributed by atoms with van der Waals surface area (Å²) in [4.78, 5) is 34.1. The van der Waals surface area contributed by atoms with Gasteiger partial charge in [0.1, 0.15) is 17.5 Å². The molecule has 0 unspecified atom stereocenters. The van der Waals surface area contributed by atoms with Crippen LogP contribution < -0.4 is 4.74 Å². The van der Waals surface area contributed by atoms with Crippen molar-refractivity contribution in [2.24, 2.45) is 0 Å². The normalized spacial score (nSPS) is 18.2. The number of fused-ring (bicyclic) bond motifs is 1. The molecule has 1 aliphatic rings. The van der Waals surface area contributed by atoms with E-state index >= 15 is 0 Å². The van der Waals surface area contributed by atoms with E-state index in [2.05, 4.69) is 4.98 Å². The van der Waals surface area contributed by atoms with Gasteiger partial charge in [0.15, 0.2) is 0 Å². The fraction of sp³-hybridized carbons (Fsp3) is 0.474. The van der Waals surface area contributed by atoms with Crippen LogP contribution in [0.15, 0.2) is 18.2 Å². The number of likely N-dealkylation sites (N-methyl/N-ethyl adjacent to an activating group) is 2. The van der Waals surface area contributed by atoms with Crippen LogP contribution >= 0.6 is 0 Å². The van der Waals surface area contributed by atoms with E-state index in [1.165, 1.54) is 0 Å². The molecular formula is C19H26N4O3. The monoisotopic (exact) mass is 358 g/mol. The van der Waals surface area contributed by atoms with Crippen LogP contribution in [0.1, 0.15) is 16.1 Å². The molecular weight excluding hydrogens is 332 g/mol. The number of hydrogen-bond donors (Lipinski definition) is 1. The van der Waals surface area contributed by atoms with Crippen LogP contribution in [0.5, 0.6) is 5.75 Å². The van der Waals surface area contributed by atoms with Gasteiger partial charge < -0.3 is 19.5 Å². The number of rotatable bonds is 3. The summed E-state index contributed by atoms with van der Waals surface area (Å²) < 4.78 is 5.40. The smallest absolute Gasteiger partial charge is 0.270 e. The van der Waals surface area contributed by atoms with Crippen LogP contribution in [0.4, 0.5) is 0 Å². The number of para-hydroxylation sites is 1. The summed E-state index contributed by atoms with van der Waals surface area (Å²) in [6.07, 6.45) is 0. The SMILES string of the molecule is COc1cccc2c(C)c(C(=O)N3CCN(C)[C@@H](C(=O)N(C)C)C3)[nH]c12. The predicted molar refractivity (Wildman–Crippen MR) is 101 cm³/mol. The zero-order valence-electron chi connectivity index (χ0n) is 16.0. The molecule has 2 amide bonds. The molecule has 1 aromatic heterocycles. The van der Waals surface area contributed by atoms with E-state index in [-0.39, 0.29) is 17.9 Å². The number of aryl methyl sites for hydroxylation is 1. The van der Waals surface area contributed by atoms with E-state index in [9.17, 15) is 9.59 Å². The van der Waals surface area contributed by atoms with Gasteiger partial charge in [0.05, 0.1) is 12.6 Å². The first-order valence-electron chi connectivity index (χ1n) is 8.71. The molecule has 0 bridgehead atoms. The number of nitrogens with zero attached hydrogens (tertiary/aromatic N) is 3. The topological polar surface area (TPSA) is 68.9 Å². The zero-order valence-corrected chi connectivity index (χ0v) is 16.0. The Balaban J connectivity index is 1.91. The van der Waals surface area contributed by atoms with Crippen molar-refractivity contribution in [2.45, 2.75) is 13.0 Å². The van der Waals surface area contributed by atoms with Crippen molar-refractivity contribution in [3.63, 3.8) is 0 Å². The second-order valence-corrected chi connectivity index (χ2v) is 6.99. The highest BCUT2D eigenvalue weighted by Gasteiger charge is 2.34. The number of hydrogen-bond acceptors (Lipinski definition) is 4. The lowest BCUT2D eigenvalue weighted by molar-refractivity contribution is -0.135. The number of carbonyl (C=O) groups excluding carboxylic acids is 2. The Hall–Kier alpha value is -2.54. The first-order chi connectivity index (χ1) is 12.3. The summed E-state index contributed by atoms with van der Waals surface area (Å²) in [6.45, 7) is 3.58. The van der Waals surface area contributed by atoms with Crippen molar-refractivity contribution in [3.05, 3.63) is 29.5 Å². The average Bonchev–Trinajstić information content (AvgIpc) is 2.97. The molecule has 1 fully saturated rings. The van der Waals surface area contributed by atoms with Gasteiger partial charge in [-0.15, -0.1) is 0 Å². The molecule has 3 rings (SSSR count). The molecule has 1 saturated heterocycles. The molecule has 1 aromatic carbocycles. The quantitative estimate of drug-likeness (QED) is 0.899. The Morgan fingerprint density at radius 2 is 2.00 bits per heavy atom. The van der Waals surface area contributed by atoms with Crippen molar-refractivity contribution in [2.75, 3.05) is 47.9 Å². The van der Waals surface area contributed by atoms with E-state index in [1.807, 2.05) is 37.1 Å². The molecule has 2 aromatic rings. The average molecular weight is 358 g/mol. The largest absolute Gasteiger partial charge is 0.495 e. The molecule has 1 aliphatic heterocycles. The highest BCUT2D eigenvalue weighted by molar-refractivity contribution is 6.02. The minimum atomic E-state index is -0.318. The molecule has 7 nitrogen and oxygen atoms in total. The summed E-state index contributed by atoms with van der Waals surface area (Å²) in [5.74, 6) is 0.647. The number of amides is 2. The Bertz CT molecular complexity index is 843. The summed E-state index contributed by atoms with van der Waals surface area (Å²) >= 11 is 0. The molecule has 140 valence electrons. The summed E-state index contributed by atoms with van der Waals surface area (Å²) in [6, 6.07) is 5.44. The number of carbonyl (C=O) groups is 2. The maximum atomic E-state index is 13.1. The third kappa shape index (κ3) is 3.03. The fourth-order valence-corrected chi connectivity index (χ4v) is 3.49. The van der Waals surface area contributed by atoms with Gasteiger partial charge in [0.2, 0.25) is 5.91 Å². The van der Waals surface area contributed by atoms with E-state index in [0.29, 0.717) is 31.1 Å². The number of benzene rings is 1. The van der Waals surface area contributed by atoms with Gasteiger partial charge in [-0.3, -0.25) is 14.5 Å².